The Hall–Kier alpha value is -4.84. The van der Waals surface area contributed by atoms with Crippen molar-refractivity contribution in [3.05, 3.63) is 72.3 Å². The van der Waals surface area contributed by atoms with Crippen molar-refractivity contribution in [3.63, 3.8) is 0 Å². The number of oxazole rings is 1. The number of pyridine rings is 2. The van der Waals surface area contributed by atoms with E-state index in [0.717, 1.165) is 35.9 Å². The van der Waals surface area contributed by atoms with Crippen LogP contribution in [0.1, 0.15) is 28.3 Å². The molecule has 7 heterocycles. The molecule has 5 aromatic heterocycles. The molecule has 5 aromatic rings. The molecule has 12 nitrogen and oxygen atoms in total. The molecule has 2 aliphatic heterocycles. The second-order valence-corrected chi connectivity index (χ2v) is 10.4. The van der Waals surface area contributed by atoms with Crippen LogP contribution >= 0.6 is 0 Å². The zero-order valence-corrected chi connectivity index (χ0v) is 22.2. The SMILES string of the molecule is Cc1cnc2ccc(-c3nc(C(=O)NCc4cccc(N5C6CC5CN(C)C6)n4)c(N)nc3-c3ncco3)cn12. The molecule has 2 bridgehead atoms. The lowest BCUT2D eigenvalue weighted by Gasteiger charge is -2.56. The minimum atomic E-state index is -0.445. The second-order valence-electron chi connectivity index (χ2n) is 10.4. The molecule has 1 amide bonds. The van der Waals surface area contributed by atoms with Crippen molar-refractivity contribution >= 4 is 23.2 Å². The first kappa shape index (κ1) is 24.2. The summed E-state index contributed by atoms with van der Waals surface area (Å²) in [6, 6.07) is 10.6. The zero-order valence-electron chi connectivity index (χ0n) is 22.2. The molecule has 2 unspecified atom stereocenters. The van der Waals surface area contributed by atoms with Gasteiger partial charge in [0.1, 0.15) is 23.4 Å². The van der Waals surface area contributed by atoms with E-state index in [1.807, 2.05) is 47.9 Å². The Morgan fingerprint density at radius 1 is 1.10 bits per heavy atom. The number of aromatic nitrogens is 6. The van der Waals surface area contributed by atoms with E-state index in [1.54, 1.807) is 6.20 Å². The fourth-order valence-electron chi connectivity index (χ4n) is 5.71. The molecule has 0 radical (unpaired) electrons. The Morgan fingerprint density at radius 3 is 2.75 bits per heavy atom. The van der Waals surface area contributed by atoms with Crippen molar-refractivity contribution in [1.29, 1.82) is 0 Å². The Balaban J connectivity index is 1.17. The third-order valence-electron chi connectivity index (χ3n) is 7.60. The summed E-state index contributed by atoms with van der Waals surface area (Å²) in [6.45, 7) is 4.27. The maximum atomic E-state index is 13.3. The number of amides is 1. The third kappa shape index (κ3) is 4.13. The molecule has 40 heavy (non-hydrogen) atoms. The van der Waals surface area contributed by atoms with Crippen LogP contribution in [0, 0.1) is 6.92 Å². The topological polar surface area (TPSA) is 144 Å². The van der Waals surface area contributed by atoms with Gasteiger partial charge in [-0.3, -0.25) is 4.79 Å². The molecule has 2 fully saturated rings. The van der Waals surface area contributed by atoms with Crippen molar-refractivity contribution in [2.45, 2.75) is 32.0 Å². The van der Waals surface area contributed by atoms with Gasteiger partial charge in [-0.2, -0.15) is 0 Å². The fourth-order valence-corrected chi connectivity index (χ4v) is 5.71. The van der Waals surface area contributed by atoms with E-state index in [-0.39, 0.29) is 23.9 Å². The van der Waals surface area contributed by atoms with E-state index in [9.17, 15) is 4.79 Å². The van der Waals surface area contributed by atoms with Crippen LogP contribution in [-0.2, 0) is 6.54 Å². The maximum Gasteiger partial charge on any atom is 0.274 e. The van der Waals surface area contributed by atoms with E-state index in [4.69, 9.17) is 15.1 Å². The number of fused-ring (bicyclic) bond motifs is 3. The average Bonchev–Trinajstić information content (AvgIpc) is 3.62. The summed E-state index contributed by atoms with van der Waals surface area (Å²) in [5.41, 5.74) is 10.3. The second kappa shape index (κ2) is 9.42. The number of nitrogens with zero attached hydrogens (tertiary/aromatic N) is 8. The number of piperazine rings is 1. The van der Waals surface area contributed by atoms with Crippen LogP contribution in [-0.4, -0.2) is 72.3 Å². The predicted molar refractivity (Wildman–Crippen MR) is 148 cm³/mol. The summed E-state index contributed by atoms with van der Waals surface area (Å²) in [7, 11) is 2.16. The van der Waals surface area contributed by atoms with Crippen LogP contribution in [0.4, 0.5) is 11.6 Å². The minimum absolute atomic E-state index is 0.0178. The van der Waals surface area contributed by atoms with Gasteiger partial charge < -0.3 is 29.7 Å². The van der Waals surface area contributed by atoms with Crippen LogP contribution in [0.3, 0.4) is 0 Å². The molecule has 12 heteroatoms. The summed E-state index contributed by atoms with van der Waals surface area (Å²) >= 11 is 0. The summed E-state index contributed by atoms with van der Waals surface area (Å²) in [4.78, 5) is 40.7. The summed E-state index contributed by atoms with van der Waals surface area (Å²) in [5.74, 6) is 0.739. The van der Waals surface area contributed by atoms with Gasteiger partial charge >= 0.3 is 0 Å². The van der Waals surface area contributed by atoms with E-state index in [0.29, 0.717) is 29.0 Å². The number of aryl methyl sites for hydroxylation is 1. The van der Waals surface area contributed by atoms with Crippen molar-refractivity contribution in [1.82, 2.24) is 39.5 Å². The van der Waals surface area contributed by atoms with Crippen LogP contribution in [0.2, 0.25) is 0 Å². The van der Waals surface area contributed by atoms with E-state index >= 15 is 0 Å². The molecular weight excluding hydrogens is 508 g/mol. The molecule has 2 saturated heterocycles. The third-order valence-corrected chi connectivity index (χ3v) is 7.60. The molecule has 0 aliphatic carbocycles. The number of piperidine rings is 1. The number of carbonyl (C=O) groups is 1. The monoisotopic (exact) mass is 536 g/mol. The van der Waals surface area contributed by atoms with Crippen molar-refractivity contribution in [3.8, 4) is 22.8 Å². The van der Waals surface area contributed by atoms with E-state index in [2.05, 4.69) is 42.1 Å². The zero-order chi connectivity index (χ0) is 27.4. The van der Waals surface area contributed by atoms with Crippen LogP contribution in [0.25, 0.3) is 28.5 Å². The molecule has 3 N–H and O–H groups in total. The molecule has 202 valence electrons. The van der Waals surface area contributed by atoms with Gasteiger partial charge in [-0.15, -0.1) is 0 Å². The number of nitrogen functional groups attached to an aromatic ring is 1. The number of hydrogen-bond acceptors (Lipinski definition) is 10. The quantitative estimate of drug-likeness (QED) is 0.332. The normalized spacial score (nSPS) is 18.6. The number of nitrogens with one attached hydrogen (secondary N) is 1. The Labute approximate surface area is 229 Å². The van der Waals surface area contributed by atoms with Crippen LogP contribution < -0.4 is 16.0 Å². The maximum absolute atomic E-state index is 13.3. The first-order chi connectivity index (χ1) is 19.4. The van der Waals surface area contributed by atoms with E-state index in [1.165, 1.54) is 18.9 Å². The van der Waals surface area contributed by atoms with Gasteiger partial charge in [-0.05, 0) is 44.7 Å². The summed E-state index contributed by atoms with van der Waals surface area (Å²) in [5, 5.41) is 2.92. The highest BCUT2D eigenvalue weighted by Crippen LogP contribution is 2.35. The van der Waals surface area contributed by atoms with Crippen molar-refractivity contribution < 1.29 is 9.21 Å². The number of nitrogens with two attached hydrogens (primary N) is 1. The van der Waals surface area contributed by atoms with E-state index < -0.39 is 5.91 Å². The number of likely N-dealkylation sites (tertiary alicyclic amines) is 1. The number of rotatable bonds is 6. The largest absolute Gasteiger partial charge is 0.443 e. The minimum Gasteiger partial charge on any atom is -0.443 e. The van der Waals surface area contributed by atoms with Gasteiger partial charge in [0, 0.05) is 48.8 Å². The lowest BCUT2D eigenvalue weighted by atomic mass is 9.88. The number of carbonyl (C=O) groups excluding carboxylic acids is 1. The first-order valence-electron chi connectivity index (χ1n) is 13.2. The smallest absolute Gasteiger partial charge is 0.274 e. The average molecular weight is 537 g/mol. The molecule has 0 saturated carbocycles. The molecular formula is C28H28N10O2. The predicted octanol–water partition coefficient (Wildman–Crippen LogP) is 2.55. The molecule has 7 rings (SSSR count). The highest BCUT2D eigenvalue weighted by atomic mass is 16.3. The highest BCUT2D eigenvalue weighted by molar-refractivity contribution is 5.97. The van der Waals surface area contributed by atoms with Gasteiger partial charge in [-0.25, -0.2) is 24.9 Å². The lowest BCUT2D eigenvalue weighted by Crippen LogP contribution is -2.68. The molecule has 2 aliphatic rings. The van der Waals surface area contributed by atoms with Gasteiger partial charge in [-0.1, -0.05) is 6.07 Å². The Kier molecular flexibility index (Phi) is 5.70. The molecule has 0 spiro atoms. The van der Waals surface area contributed by atoms with Crippen molar-refractivity contribution in [2.24, 2.45) is 0 Å². The van der Waals surface area contributed by atoms with Crippen molar-refractivity contribution in [2.75, 3.05) is 30.8 Å². The molecule has 2 atom stereocenters. The van der Waals surface area contributed by atoms with Crippen LogP contribution in [0.5, 0.6) is 0 Å². The first-order valence-corrected chi connectivity index (χ1v) is 13.2. The molecule has 0 aromatic carbocycles. The Bertz CT molecular complexity index is 1720. The van der Waals surface area contributed by atoms with Gasteiger partial charge in [0.2, 0.25) is 5.89 Å². The summed E-state index contributed by atoms with van der Waals surface area (Å²) < 4.78 is 7.45. The highest BCUT2D eigenvalue weighted by Gasteiger charge is 2.44. The van der Waals surface area contributed by atoms with Crippen LogP contribution in [0.15, 0.2) is 59.6 Å². The standard InChI is InChI=1S/C28H28N10O2/c1-16-11-31-21-7-6-17(13-37(16)21)23-24(28-30-8-9-40-28)35-26(29)25(34-23)27(39)32-12-18-4-3-5-22(33-18)38-19-10-20(38)15-36(2)14-19/h3-9,11,13,19-20H,10,12,14-15H2,1-2H3,(H2,29,35)(H,32,39). The number of imidazole rings is 1. The fraction of sp³-hybridized carbons (Fsp3) is 0.286. The lowest BCUT2D eigenvalue weighted by molar-refractivity contribution is 0.0946. The van der Waals surface area contributed by atoms with Gasteiger partial charge in [0.05, 0.1) is 18.4 Å². The van der Waals surface area contributed by atoms with Gasteiger partial charge in [0.15, 0.2) is 17.2 Å². The number of likely N-dealkylation sites (N-methyl/N-ethyl adjacent to an activating group) is 1. The number of hydrogen-bond donors (Lipinski definition) is 2. The summed E-state index contributed by atoms with van der Waals surface area (Å²) in [6.07, 6.45) is 7.85. The van der Waals surface area contributed by atoms with Gasteiger partial charge in [0.25, 0.3) is 5.91 Å². The number of anilines is 2. The Morgan fingerprint density at radius 2 is 1.95 bits per heavy atom.